The summed E-state index contributed by atoms with van der Waals surface area (Å²) < 4.78 is 0. The van der Waals surface area contributed by atoms with Crippen LogP contribution in [0.2, 0.25) is 0 Å². The first kappa shape index (κ1) is 5.41. The minimum Gasteiger partial charge on any atom is -0.282 e. The third kappa shape index (κ3) is 0.603. The predicted molar refractivity (Wildman–Crippen MR) is 38.6 cm³/mol. The van der Waals surface area contributed by atoms with Crippen LogP contribution in [0.5, 0.6) is 0 Å². The van der Waals surface area contributed by atoms with E-state index in [1.807, 2.05) is 19.2 Å². The van der Waals surface area contributed by atoms with Gasteiger partial charge in [0.05, 0.1) is 5.52 Å². The summed E-state index contributed by atoms with van der Waals surface area (Å²) in [7, 11) is 0. The molecule has 0 bridgehead atoms. The fraction of sp³-hybridized carbons (Fsp3) is 0.143. The first-order valence-electron chi connectivity index (χ1n) is 3.12. The minimum absolute atomic E-state index is 0.979. The molecule has 3 heteroatoms. The smallest absolute Gasteiger partial charge is 0.0954 e. The third-order valence-corrected chi connectivity index (χ3v) is 1.55. The number of nitrogens with one attached hydrogen (secondary N) is 1. The van der Waals surface area contributed by atoms with E-state index >= 15 is 0 Å². The van der Waals surface area contributed by atoms with Crippen LogP contribution in [0.15, 0.2) is 18.5 Å². The van der Waals surface area contributed by atoms with Crippen LogP contribution >= 0.6 is 0 Å². The van der Waals surface area contributed by atoms with E-state index in [-0.39, 0.29) is 0 Å². The third-order valence-electron chi connectivity index (χ3n) is 1.55. The monoisotopic (exact) mass is 133 g/mol. The zero-order valence-corrected chi connectivity index (χ0v) is 5.63. The van der Waals surface area contributed by atoms with Gasteiger partial charge in [0.15, 0.2) is 0 Å². The maximum atomic E-state index is 4.05. The Labute approximate surface area is 58.1 Å². The van der Waals surface area contributed by atoms with E-state index in [0.717, 1.165) is 16.6 Å². The molecule has 2 aromatic rings. The summed E-state index contributed by atoms with van der Waals surface area (Å²) in [6.45, 7) is 1.98. The number of aromatic amines is 1. The second-order valence-corrected chi connectivity index (χ2v) is 2.24. The topological polar surface area (TPSA) is 41.6 Å². The molecule has 2 rings (SSSR count). The number of aryl methyl sites for hydroxylation is 1. The van der Waals surface area contributed by atoms with Crippen molar-refractivity contribution in [3.63, 3.8) is 0 Å². The van der Waals surface area contributed by atoms with Gasteiger partial charge < -0.3 is 0 Å². The number of fused-ring (bicyclic) bond motifs is 1. The van der Waals surface area contributed by atoms with Crippen LogP contribution in [0.3, 0.4) is 0 Å². The number of hydrogen-bond acceptors (Lipinski definition) is 2. The standard InChI is InChI=1S/C7H7N3/c1-5-6-4-8-3-2-7(6)10-9-5/h2-4H,1H3,(H,9,10). The Balaban J connectivity index is 2.93. The maximum Gasteiger partial charge on any atom is 0.0954 e. The Morgan fingerprint density at radius 1 is 1.50 bits per heavy atom. The van der Waals surface area contributed by atoms with Gasteiger partial charge in [-0.15, -0.1) is 0 Å². The zero-order chi connectivity index (χ0) is 6.97. The quantitative estimate of drug-likeness (QED) is 0.588. The van der Waals surface area contributed by atoms with E-state index in [9.17, 15) is 0 Å². The summed E-state index contributed by atoms with van der Waals surface area (Å²) in [6, 6.07) is 1.89. The summed E-state index contributed by atoms with van der Waals surface area (Å²) >= 11 is 0. The van der Waals surface area contributed by atoms with E-state index in [0.29, 0.717) is 0 Å². The Morgan fingerprint density at radius 2 is 2.40 bits per heavy atom. The molecule has 0 aromatic carbocycles. The first-order valence-corrected chi connectivity index (χ1v) is 3.12. The van der Waals surface area contributed by atoms with E-state index < -0.39 is 0 Å². The molecule has 0 radical (unpaired) electrons. The van der Waals surface area contributed by atoms with Gasteiger partial charge in [0.1, 0.15) is 0 Å². The number of pyridine rings is 1. The molecule has 0 fully saturated rings. The molecule has 1 N–H and O–H groups in total. The second-order valence-electron chi connectivity index (χ2n) is 2.24. The van der Waals surface area contributed by atoms with Crippen molar-refractivity contribution in [2.75, 3.05) is 0 Å². The van der Waals surface area contributed by atoms with E-state index in [1.54, 1.807) is 6.20 Å². The van der Waals surface area contributed by atoms with Crippen molar-refractivity contribution in [3.05, 3.63) is 24.2 Å². The molecule has 0 spiro atoms. The second kappa shape index (κ2) is 1.80. The molecule has 0 aliphatic heterocycles. The van der Waals surface area contributed by atoms with Crippen molar-refractivity contribution in [2.24, 2.45) is 0 Å². The molecule has 0 aliphatic rings. The molecule has 3 nitrogen and oxygen atoms in total. The van der Waals surface area contributed by atoms with Crippen LogP contribution in [0.25, 0.3) is 10.9 Å². The lowest BCUT2D eigenvalue weighted by Crippen LogP contribution is -1.70. The highest BCUT2D eigenvalue weighted by molar-refractivity contribution is 5.79. The van der Waals surface area contributed by atoms with E-state index in [4.69, 9.17) is 0 Å². The van der Waals surface area contributed by atoms with Crippen LogP contribution < -0.4 is 0 Å². The lowest BCUT2D eigenvalue weighted by Gasteiger charge is -1.83. The molecule has 0 amide bonds. The van der Waals surface area contributed by atoms with Gasteiger partial charge in [-0.25, -0.2) is 0 Å². The van der Waals surface area contributed by atoms with Crippen molar-refractivity contribution < 1.29 is 0 Å². The van der Waals surface area contributed by atoms with Crippen molar-refractivity contribution >= 4 is 10.9 Å². The summed E-state index contributed by atoms with van der Waals surface area (Å²) in [4.78, 5) is 3.99. The summed E-state index contributed by atoms with van der Waals surface area (Å²) in [5.74, 6) is 0. The molecule has 0 saturated carbocycles. The molecule has 50 valence electrons. The summed E-state index contributed by atoms with van der Waals surface area (Å²) in [6.07, 6.45) is 3.55. The maximum absolute atomic E-state index is 4.05. The largest absolute Gasteiger partial charge is 0.282 e. The SMILES string of the molecule is Cc1[nH]nc2ccncc12. The number of H-pyrrole nitrogens is 1. The lowest BCUT2D eigenvalue weighted by atomic mass is 10.3. The van der Waals surface area contributed by atoms with Crippen molar-refractivity contribution in [1.29, 1.82) is 0 Å². The van der Waals surface area contributed by atoms with Gasteiger partial charge in [-0.1, -0.05) is 0 Å². The van der Waals surface area contributed by atoms with Crippen LogP contribution in [0.1, 0.15) is 5.69 Å². The van der Waals surface area contributed by atoms with Crippen molar-refractivity contribution in [2.45, 2.75) is 6.92 Å². The molecule has 10 heavy (non-hydrogen) atoms. The molecule has 0 saturated heterocycles. The average Bonchev–Trinajstić information content (AvgIpc) is 2.34. The van der Waals surface area contributed by atoms with Gasteiger partial charge in [0, 0.05) is 23.5 Å². The molecule has 2 aromatic heterocycles. The van der Waals surface area contributed by atoms with Crippen molar-refractivity contribution in [1.82, 2.24) is 15.2 Å². The summed E-state index contributed by atoms with van der Waals surface area (Å²) in [5, 5.41) is 8.04. The highest BCUT2D eigenvalue weighted by atomic mass is 15.1. The lowest BCUT2D eigenvalue weighted by molar-refractivity contribution is 1.07. The van der Waals surface area contributed by atoms with Crippen LogP contribution in [-0.4, -0.2) is 15.2 Å². The van der Waals surface area contributed by atoms with Crippen molar-refractivity contribution in [3.8, 4) is 0 Å². The molecule has 0 unspecified atom stereocenters. The fourth-order valence-electron chi connectivity index (χ4n) is 0.978. The molecule has 0 atom stereocenters. The summed E-state index contributed by atoms with van der Waals surface area (Å²) in [5.41, 5.74) is 2.05. The van der Waals surface area contributed by atoms with Gasteiger partial charge in [0.2, 0.25) is 0 Å². The number of nitrogens with zero attached hydrogens (tertiary/aromatic N) is 2. The Hall–Kier alpha value is -1.38. The zero-order valence-electron chi connectivity index (χ0n) is 5.63. The van der Waals surface area contributed by atoms with Gasteiger partial charge in [-0.2, -0.15) is 5.10 Å². The number of hydrogen-bond donors (Lipinski definition) is 1. The minimum atomic E-state index is 0.979. The Bertz CT molecular complexity index is 350. The van der Waals surface area contributed by atoms with Gasteiger partial charge in [-0.3, -0.25) is 10.1 Å². The predicted octanol–water partition coefficient (Wildman–Crippen LogP) is 1.27. The Kier molecular flexibility index (Phi) is 0.974. The highest BCUT2D eigenvalue weighted by Gasteiger charge is 1.97. The van der Waals surface area contributed by atoms with Gasteiger partial charge in [-0.05, 0) is 13.0 Å². The average molecular weight is 133 g/mol. The van der Waals surface area contributed by atoms with Crippen LogP contribution in [-0.2, 0) is 0 Å². The molecule has 0 aliphatic carbocycles. The van der Waals surface area contributed by atoms with Crippen LogP contribution in [0.4, 0.5) is 0 Å². The highest BCUT2D eigenvalue weighted by Crippen LogP contribution is 2.11. The van der Waals surface area contributed by atoms with Crippen LogP contribution in [0, 0.1) is 6.92 Å². The molecular formula is C7H7N3. The van der Waals surface area contributed by atoms with Gasteiger partial charge >= 0.3 is 0 Å². The van der Waals surface area contributed by atoms with E-state index in [2.05, 4.69) is 15.2 Å². The number of aromatic nitrogens is 3. The first-order chi connectivity index (χ1) is 4.88. The molecule has 2 heterocycles. The fourth-order valence-corrected chi connectivity index (χ4v) is 0.978. The van der Waals surface area contributed by atoms with Gasteiger partial charge in [0.25, 0.3) is 0 Å². The van der Waals surface area contributed by atoms with E-state index in [1.165, 1.54) is 0 Å². The molecular weight excluding hydrogens is 126 g/mol. The number of rotatable bonds is 0. The Morgan fingerprint density at radius 3 is 3.20 bits per heavy atom. The normalized spacial score (nSPS) is 10.5.